The lowest BCUT2D eigenvalue weighted by atomic mass is 9.98. The summed E-state index contributed by atoms with van der Waals surface area (Å²) in [7, 11) is 0. The van der Waals surface area contributed by atoms with Crippen LogP contribution >= 0.6 is 0 Å². The number of aromatic nitrogens is 3. The van der Waals surface area contributed by atoms with Gasteiger partial charge in [-0.3, -0.25) is 0 Å². The van der Waals surface area contributed by atoms with Gasteiger partial charge in [0.25, 0.3) is 0 Å². The third kappa shape index (κ3) is 1.91. The molecule has 0 saturated carbocycles. The van der Waals surface area contributed by atoms with Crippen molar-refractivity contribution in [2.75, 3.05) is 5.73 Å². The molecule has 0 unspecified atom stereocenters. The number of hydrogen-bond acceptors (Lipinski definition) is 3. The van der Waals surface area contributed by atoms with E-state index < -0.39 is 0 Å². The van der Waals surface area contributed by atoms with Gasteiger partial charge in [-0.2, -0.15) is 0 Å². The van der Waals surface area contributed by atoms with Gasteiger partial charge in [0, 0.05) is 23.4 Å². The van der Waals surface area contributed by atoms with Gasteiger partial charge in [-0.25, -0.2) is 0 Å². The summed E-state index contributed by atoms with van der Waals surface area (Å²) in [4.78, 5) is 0. The number of rotatable bonds is 1. The summed E-state index contributed by atoms with van der Waals surface area (Å²) >= 11 is 0. The van der Waals surface area contributed by atoms with Crippen molar-refractivity contribution in [1.29, 1.82) is 0 Å². The van der Waals surface area contributed by atoms with Gasteiger partial charge in [-0.05, 0) is 43.5 Å². The maximum atomic E-state index is 6.04. The smallest absolute Gasteiger partial charge is 0.164 e. The normalized spacial score (nSPS) is 12.8. The predicted octanol–water partition coefficient (Wildman–Crippen LogP) is 3.37. The van der Waals surface area contributed by atoms with E-state index in [0.29, 0.717) is 0 Å². The second-order valence-electron chi connectivity index (χ2n) is 5.98. The number of fused-ring (bicyclic) bond motifs is 3. The molecule has 0 atom stereocenters. The summed E-state index contributed by atoms with van der Waals surface area (Å²) in [5.74, 6) is 1.85. The zero-order valence-electron chi connectivity index (χ0n) is 12.8. The van der Waals surface area contributed by atoms with Gasteiger partial charge in [0.1, 0.15) is 0 Å². The minimum Gasteiger partial charge on any atom is -0.398 e. The van der Waals surface area contributed by atoms with E-state index in [0.717, 1.165) is 41.4 Å². The highest BCUT2D eigenvalue weighted by Gasteiger charge is 2.22. The molecule has 1 aromatic heterocycles. The fraction of sp³-hybridized carbons (Fsp3) is 0.222. The van der Waals surface area contributed by atoms with Crippen molar-refractivity contribution in [2.45, 2.75) is 26.8 Å². The molecule has 0 aliphatic carbocycles. The minimum atomic E-state index is 0.793. The van der Waals surface area contributed by atoms with Crippen molar-refractivity contribution in [2.24, 2.45) is 0 Å². The minimum absolute atomic E-state index is 0.793. The first kappa shape index (κ1) is 13.1. The Morgan fingerprint density at radius 2 is 1.82 bits per heavy atom. The fourth-order valence-electron chi connectivity index (χ4n) is 3.06. The number of benzene rings is 2. The first-order valence-corrected chi connectivity index (χ1v) is 7.53. The molecule has 110 valence electrons. The maximum Gasteiger partial charge on any atom is 0.164 e. The lowest BCUT2D eigenvalue weighted by Gasteiger charge is -2.19. The molecule has 0 amide bonds. The number of nitrogens with zero attached hydrogens (tertiary/aromatic N) is 3. The summed E-state index contributed by atoms with van der Waals surface area (Å²) in [5.41, 5.74) is 12.7. The molecule has 0 bridgehead atoms. The molecular formula is C18H18N4. The van der Waals surface area contributed by atoms with Crippen molar-refractivity contribution in [1.82, 2.24) is 14.8 Å². The van der Waals surface area contributed by atoms with E-state index >= 15 is 0 Å². The Labute approximate surface area is 129 Å². The van der Waals surface area contributed by atoms with Gasteiger partial charge in [-0.1, -0.05) is 29.8 Å². The largest absolute Gasteiger partial charge is 0.398 e. The van der Waals surface area contributed by atoms with Crippen LogP contribution in [0.15, 0.2) is 36.4 Å². The van der Waals surface area contributed by atoms with Crippen LogP contribution in [0.25, 0.3) is 22.8 Å². The van der Waals surface area contributed by atoms with Crippen molar-refractivity contribution < 1.29 is 0 Å². The molecule has 4 nitrogen and oxygen atoms in total. The first-order chi connectivity index (χ1) is 10.6. The number of nitrogens with two attached hydrogens (primary N) is 1. The number of aryl methyl sites for hydroxylation is 3. The summed E-state index contributed by atoms with van der Waals surface area (Å²) in [5, 5.41) is 8.86. The molecule has 0 spiro atoms. The molecule has 1 aliphatic rings. The van der Waals surface area contributed by atoms with Gasteiger partial charge < -0.3 is 10.3 Å². The molecule has 22 heavy (non-hydrogen) atoms. The lowest BCUT2D eigenvalue weighted by molar-refractivity contribution is 0.688. The topological polar surface area (TPSA) is 56.7 Å². The Morgan fingerprint density at radius 3 is 2.64 bits per heavy atom. The molecule has 0 fully saturated rings. The lowest BCUT2D eigenvalue weighted by Crippen LogP contribution is -2.12. The van der Waals surface area contributed by atoms with Crippen molar-refractivity contribution in [3.8, 4) is 22.8 Å². The van der Waals surface area contributed by atoms with E-state index in [2.05, 4.69) is 46.0 Å². The quantitative estimate of drug-likeness (QED) is 0.699. The summed E-state index contributed by atoms with van der Waals surface area (Å²) in [6.07, 6.45) is 1.01. The molecule has 2 aromatic carbocycles. The summed E-state index contributed by atoms with van der Waals surface area (Å²) < 4.78 is 2.20. The molecule has 2 N–H and O–H groups in total. The monoisotopic (exact) mass is 290 g/mol. The highest BCUT2D eigenvalue weighted by atomic mass is 15.3. The highest BCUT2D eigenvalue weighted by molar-refractivity contribution is 5.69. The Morgan fingerprint density at radius 1 is 1.00 bits per heavy atom. The predicted molar refractivity (Wildman–Crippen MR) is 88.5 cm³/mol. The summed E-state index contributed by atoms with van der Waals surface area (Å²) in [6.45, 7) is 5.02. The van der Waals surface area contributed by atoms with Crippen LogP contribution in [0.3, 0.4) is 0 Å². The number of nitrogen functional groups attached to an aromatic ring is 1. The molecule has 4 rings (SSSR count). The zero-order chi connectivity index (χ0) is 15.3. The van der Waals surface area contributed by atoms with Crippen LogP contribution in [0.4, 0.5) is 5.69 Å². The van der Waals surface area contributed by atoms with Crippen LogP contribution in [-0.2, 0) is 13.0 Å². The average molecular weight is 290 g/mol. The number of anilines is 1. The molecular weight excluding hydrogens is 272 g/mol. The Balaban J connectivity index is 1.88. The van der Waals surface area contributed by atoms with Crippen molar-refractivity contribution in [3.63, 3.8) is 0 Å². The Kier molecular flexibility index (Phi) is 2.79. The molecule has 4 heteroatoms. The van der Waals surface area contributed by atoms with Gasteiger partial charge >= 0.3 is 0 Å². The van der Waals surface area contributed by atoms with Gasteiger partial charge in [-0.15, -0.1) is 10.2 Å². The Bertz CT molecular complexity index is 877. The second kappa shape index (κ2) is 4.70. The molecule has 3 aromatic rings. The van der Waals surface area contributed by atoms with E-state index in [1.54, 1.807) is 0 Å². The fourth-order valence-corrected chi connectivity index (χ4v) is 3.06. The molecule has 0 radical (unpaired) electrons. The standard InChI is InChI=1S/C18H18N4/c1-11-3-5-13-7-8-22-17(20-21-18(22)15(13)9-11)14-6-4-12(2)16(19)10-14/h3-6,9-10H,7-8,19H2,1-2H3. The average Bonchev–Trinajstić information content (AvgIpc) is 2.94. The van der Waals surface area contributed by atoms with Crippen LogP contribution in [-0.4, -0.2) is 14.8 Å². The molecule has 0 saturated heterocycles. The van der Waals surface area contributed by atoms with E-state index in [1.807, 2.05) is 19.1 Å². The van der Waals surface area contributed by atoms with Gasteiger partial charge in [0.05, 0.1) is 0 Å². The molecule has 1 aliphatic heterocycles. The van der Waals surface area contributed by atoms with Crippen LogP contribution in [0.5, 0.6) is 0 Å². The van der Waals surface area contributed by atoms with E-state index in [9.17, 15) is 0 Å². The summed E-state index contributed by atoms with van der Waals surface area (Å²) in [6, 6.07) is 12.6. The third-order valence-electron chi connectivity index (χ3n) is 4.40. The first-order valence-electron chi connectivity index (χ1n) is 7.53. The second-order valence-corrected chi connectivity index (χ2v) is 5.98. The van der Waals surface area contributed by atoms with Crippen LogP contribution in [0, 0.1) is 13.8 Å². The molecule has 2 heterocycles. The third-order valence-corrected chi connectivity index (χ3v) is 4.40. The zero-order valence-corrected chi connectivity index (χ0v) is 12.8. The number of hydrogen-bond donors (Lipinski definition) is 1. The SMILES string of the molecule is Cc1ccc2c(c1)-c1nnc(-c3ccc(C)c(N)c3)n1CC2. The van der Waals surface area contributed by atoms with Crippen LogP contribution in [0.2, 0.25) is 0 Å². The van der Waals surface area contributed by atoms with Crippen molar-refractivity contribution in [3.05, 3.63) is 53.1 Å². The van der Waals surface area contributed by atoms with E-state index in [-0.39, 0.29) is 0 Å². The Hall–Kier alpha value is -2.62. The van der Waals surface area contributed by atoms with E-state index in [4.69, 9.17) is 5.73 Å². The van der Waals surface area contributed by atoms with E-state index in [1.165, 1.54) is 16.7 Å². The maximum absolute atomic E-state index is 6.04. The van der Waals surface area contributed by atoms with Gasteiger partial charge in [0.2, 0.25) is 0 Å². The highest BCUT2D eigenvalue weighted by Crippen LogP contribution is 2.32. The van der Waals surface area contributed by atoms with Crippen LogP contribution < -0.4 is 5.73 Å². The van der Waals surface area contributed by atoms with Crippen molar-refractivity contribution >= 4 is 5.69 Å². The van der Waals surface area contributed by atoms with Gasteiger partial charge in [0.15, 0.2) is 11.6 Å². The van der Waals surface area contributed by atoms with Crippen LogP contribution in [0.1, 0.15) is 16.7 Å².